The lowest BCUT2D eigenvalue weighted by Crippen LogP contribution is -2.28. The van der Waals surface area contributed by atoms with Gasteiger partial charge in [-0.2, -0.15) is 4.98 Å². The second-order valence-corrected chi connectivity index (χ2v) is 6.77. The molecule has 122 valence electrons. The number of aromatic nitrogens is 2. The molecule has 0 radical (unpaired) electrons. The second-order valence-electron chi connectivity index (χ2n) is 6.77. The van der Waals surface area contributed by atoms with E-state index in [2.05, 4.69) is 27.1 Å². The Bertz CT molecular complexity index is 452. The van der Waals surface area contributed by atoms with Crippen molar-refractivity contribution in [2.75, 3.05) is 50.0 Å². The lowest BCUT2D eigenvalue weighted by molar-refractivity contribution is 0.332. The van der Waals surface area contributed by atoms with E-state index in [1.165, 1.54) is 45.1 Å². The molecule has 1 aliphatic carbocycles. The van der Waals surface area contributed by atoms with Crippen molar-refractivity contribution in [2.45, 2.75) is 38.5 Å². The molecule has 0 bridgehead atoms. The number of rotatable bonds is 7. The Hall–Kier alpha value is -1.36. The number of anilines is 2. The number of nitrogens with zero attached hydrogens (tertiary/aromatic N) is 4. The topological polar surface area (TPSA) is 44.3 Å². The van der Waals surface area contributed by atoms with Gasteiger partial charge in [0.05, 0.1) is 0 Å². The maximum Gasteiger partial charge on any atom is 0.224 e. The average molecular weight is 303 g/mol. The Balaban J connectivity index is 1.47. The minimum absolute atomic E-state index is 0.765. The van der Waals surface area contributed by atoms with Crippen LogP contribution in [0.25, 0.3) is 0 Å². The molecule has 2 aliphatic rings. The number of hydrogen-bond acceptors (Lipinski definition) is 5. The maximum absolute atomic E-state index is 4.69. The third kappa shape index (κ3) is 4.83. The van der Waals surface area contributed by atoms with E-state index in [-0.39, 0.29) is 0 Å². The van der Waals surface area contributed by atoms with Gasteiger partial charge in [-0.25, -0.2) is 4.98 Å². The van der Waals surface area contributed by atoms with Crippen molar-refractivity contribution in [1.29, 1.82) is 0 Å². The van der Waals surface area contributed by atoms with Crippen molar-refractivity contribution in [3.8, 4) is 0 Å². The van der Waals surface area contributed by atoms with Crippen molar-refractivity contribution in [3.63, 3.8) is 0 Å². The largest absolute Gasteiger partial charge is 0.356 e. The van der Waals surface area contributed by atoms with E-state index in [1.807, 2.05) is 12.3 Å². The highest BCUT2D eigenvalue weighted by molar-refractivity contribution is 5.42. The molecule has 1 aliphatic heterocycles. The molecule has 2 fully saturated rings. The summed E-state index contributed by atoms with van der Waals surface area (Å²) in [6.07, 6.45) is 9.96. The lowest BCUT2D eigenvalue weighted by Gasteiger charge is -2.22. The monoisotopic (exact) mass is 303 g/mol. The van der Waals surface area contributed by atoms with Crippen molar-refractivity contribution in [3.05, 3.63) is 12.3 Å². The maximum atomic E-state index is 4.69. The predicted molar refractivity (Wildman–Crippen MR) is 91.4 cm³/mol. The normalized spacial score (nSPS) is 19.3. The summed E-state index contributed by atoms with van der Waals surface area (Å²) in [5.41, 5.74) is 0. The van der Waals surface area contributed by atoms with Gasteiger partial charge in [-0.3, -0.25) is 0 Å². The Morgan fingerprint density at radius 3 is 2.73 bits per heavy atom. The highest BCUT2D eigenvalue weighted by Crippen LogP contribution is 2.29. The lowest BCUT2D eigenvalue weighted by atomic mass is 10.2. The van der Waals surface area contributed by atoms with Gasteiger partial charge in [0.2, 0.25) is 5.95 Å². The molecule has 1 N–H and O–H groups in total. The van der Waals surface area contributed by atoms with Gasteiger partial charge < -0.3 is 15.1 Å². The molecular formula is C17H29N5. The van der Waals surface area contributed by atoms with Gasteiger partial charge in [0, 0.05) is 38.9 Å². The SMILES string of the molecule is CN(CCNc1nccc(N2CCCCCC2)n1)CC1CC1. The number of likely N-dealkylation sites (N-methyl/N-ethyl adjacent to an activating group) is 1. The fraction of sp³-hybridized carbons (Fsp3) is 0.765. The molecule has 1 aromatic heterocycles. The Labute approximate surface area is 134 Å². The summed E-state index contributed by atoms with van der Waals surface area (Å²) < 4.78 is 0. The van der Waals surface area contributed by atoms with E-state index < -0.39 is 0 Å². The van der Waals surface area contributed by atoms with Gasteiger partial charge in [-0.05, 0) is 44.7 Å². The highest BCUT2D eigenvalue weighted by Gasteiger charge is 2.22. The molecule has 1 saturated carbocycles. The molecule has 3 rings (SSSR count). The van der Waals surface area contributed by atoms with Crippen LogP contribution in [-0.2, 0) is 0 Å². The Kier molecular flexibility index (Phi) is 5.48. The highest BCUT2D eigenvalue weighted by atomic mass is 15.2. The van der Waals surface area contributed by atoms with Crippen LogP contribution >= 0.6 is 0 Å². The van der Waals surface area contributed by atoms with Gasteiger partial charge in [-0.1, -0.05) is 12.8 Å². The van der Waals surface area contributed by atoms with Crippen molar-refractivity contribution >= 4 is 11.8 Å². The molecule has 0 aromatic carbocycles. The van der Waals surface area contributed by atoms with Crippen LogP contribution < -0.4 is 10.2 Å². The molecule has 0 spiro atoms. The zero-order chi connectivity index (χ0) is 15.2. The minimum atomic E-state index is 0.765. The first kappa shape index (κ1) is 15.5. The first-order chi connectivity index (χ1) is 10.8. The molecule has 0 unspecified atom stereocenters. The summed E-state index contributed by atoms with van der Waals surface area (Å²) in [5.74, 6) is 2.79. The van der Waals surface area contributed by atoms with Gasteiger partial charge in [0.15, 0.2) is 0 Å². The van der Waals surface area contributed by atoms with E-state index in [9.17, 15) is 0 Å². The quantitative estimate of drug-likeness (QED) is 0.839. The summed E-state index contributed by atoms with van der Waals surface area (Å²) in [6.45, 7) is 5.44. The first-order valence-corrected chi connectivity index (χ1v) is 8.82. The van der Waals surface area contributed by atoms with Crippen LogP contribution in [0.15, 0.2) is 12.3 Å². The van der Waals surface area contributed by atoms with E-state index in [0.29, 0.717) is 0 Å². The Morgan fingerprint density at radius 2 is 2.00 bits per heavy atom. The number of hydrogen-bond donors (Lipinski definition) is 1. The van der Waals surface area contributed by atoms with Gasteiger partial charge in [0.25, 0.3) is 0 Å². The molecule has 22 heavy (non-hydrogen) atoms. The molecule has 2 heterocycles. The fourth-order valence-electron chi connectivity index (χ4n) is 3.10. The molecule has 5 nitrogen and oxygen atoms in total. The zero-order valence-electron chi connectivity index (χ0n) is 13.8. The minimum Gasteiger partial charge on any atom is -0.356 e. The second kappa shape index (κ2) is 7.77. The van der Waals surface area contributed by atoms with Gasteiger partial charge in [0.1, 0.15) is 5.82 Å². The summed E-state index contributed by atoms with van der Waals surface area (Å²) >= 11 is 0. The predicted octanol–water partition coefficient (Wildman–Crippen LogP) is 2.61. The van der Waals surface area contributed by atoms with Crippen LogP contribution in [0.2, 0.25) is 0 Å². The van der Waals surface area contributed by atoms with E-state index in [0.717, 1.165) is 43.9 Å². The summed E-state index contributed by atoms with van der Waals surface area (Å²) in [7, 11) is 2.20. The smallest absolute Gasteiger partial charge is 0.224 e. The zero-order valence-corrected chi connectivity index (χ0v) is 13.8. The molecule has 1 saturated heterocycles. The van der Waals surface area contributed by atoms with Crippen LogP contribution in [0.1, 0.15) is 38.5 Å². The van der Waals surface area contributed by atoms with Crippen LogP contribution in [0.5, 0.6) is 0 Å². The summed E-state index contributed by atoms with van der Waals surface area (Å²) in [6, 6.07) is 2.04. The molecule has 0 amide bonds. The van der Waals surface area contributed by atoms with E-state index in [4.69, 9.17) is 4.98 Å². The molecule has 0 atom stereocenters. The van der Waals surface area contributed by atoms with Gasteiger partial charge >= 0.3 is 0 Å². The molecule has 1 aromatic rings. The summed E-state index contributed by atoms with van der Waals surface area (Å²) in [4.78, 5) is 13.9. The van der Waals surface area contributed by atoms with Crippen LogP contribution in [0.3, 0.4) is 0 Å². The fourth-order valence-corrected chi connectivity index (χ4v) is 3.10. The van der Waals surface area contributed by atoms with Crippen molar-refractivity contribution in [1.82, 2.24) is 14.9 Å². The average Bonchev–Trinajstić information content (AvgIpc) is 3.34. The third-order valence-corrected chi connectivity index (χ3v) is 4.61. The molecule has 5 heteroatoms. The van der Waals surface area contributed by atoms with Crippen LogP contribution in [0, 0.1) is 5.92 Å². The molecular weight excluding hydrogens is 274 g/mol. The van der Waals surface area contributed by atoms with E-state index >= 15 is 0 Å². The first-order valence-electron chi connectivity index (χ1n) is 8.82. The Morgan fingerprint density at radius 1 is 1.23 bits per heavy atom. The van der Waals surface area contributed by atoms with Crippen molar-refractivity contribution in [2.24, 2.45) is 5.92 Å². The number of nitrogens with one attached hydrogen (secondary N) is 1. The summed E-state index contributed by atoms with van der Waals surface area (Å²) in [5, 5.41) is 3.37. The van der Waals surface area contributed by atoms with Gasteiger partial charge in [-0.15, -0.1) is 0 Å². The third-order valence-electron chi connectivity index (χ3n) is 4.61. The van der Waals surface area contributed by atoms with E-state index in [1.54, 1.807) is 0 Å². The standard InChI is InChI=1S/C17H29N5/c1-21(14-15-6-7-15)13-10-19-17-18-9-8-16(20-17)22-11-4-2-3-5-12-22/h8-9,15H,2-7,10-14H2,1H3,(H,18,19,20). The van der Waals surface area contributed by atoms with Crippen LogP contribution in [-0.4, -0.2) is 54.6 Å². The van der Waals surface area contributed by atoms with Crippen LogP contribution in [0.4, 0.5) is 11.8 Å². The van der Waals surface area contributed by atoms with Crippen molar-refractivity contribution < 1.29 is 0 Å².